The summed E-state index contributed by atoms with van der Waals surface area (Å²) in [5, 5.41) is 10.4. The van der Waals surface area contributed by atoms with Gasteiger partial charge in [-0.3, -0.25) is 9.55 Å². The summed E-state index contributed by atoms with van der Waals surface area (Å²) < 4.78 is 12.6. The smallest absolute Gasteiger partial charge is 0.336 e. The third kappa shape index (κ3) is 4.23. The van der Waals surface area contributed by atoms with Crippen molar-refractivity contribution < 1.29 is 9.15 Å². The Bertz CT molecular complexity index is 1190. The van der Waals surface area contributed by atoms with Crippen molar-refractivity contribution in [2.75, 3.05) is 13.7 Å². The van der Waals surface area contributed by atoms with Crippen molar-refractivity contribution in [1.82, 2.24) is 19.7 Å². The molecule has 0 radical (unpaired) electrons. The second-order valence-electron chi connectivity index (χ2n) is 6.57. The summed E-state index contributed by atoms with van der Waals surface area (Å²) in [6.07, 6.45) is 3.46. The van der Waals surface area contributed by atoms with Crippen LogP contribution in [0.15, 0.2) is 63.2 Å². The maximum Gasteiger partial charge on any atom is 0.336 e. The predicted molar refractivity (Wildman–Crippen MR) is 112 cm³/mol. The Kier molecular flexibility index (Phi) is 5.73. The molecule has 0 N–H and O–H groups in total. The van der Waals surface area contributed by atoms with Crippen molar-refractivity contribution in [2.24, 2.45) is 0 Å². The van der Waals surface area contributed by atoms with Crippen molar-refractivity contribution in [2.45, 2.75) is 24.4 Å². The van der Waals surface area contributed by atoms with Gasteiger partial charge in [0.1, 0.15) is 5.58 Å². The molecule has 3 heterocycles. The summed E-state index contributed by atoms with van der Waals surface area (Å²) in [5.41, 5.74) is 3.15. The molecule has 0 bridgehead atoms. The van der Waals surface area contributed by atoms with Crippen molar-refractivity contribution in [3.05, 3.63) is 70.3 Å². The number of methoxy groups -OCH3 is 1. The molecule has 0 amide bonds. The normalized spacial score (nSPS) is 11.2. The van der Waals surface area contributed by atoms with Crippen LogP contribution in [0.4, 0.5) is 0 Å². The van der Waals surface area contributed by atoms with Crippen LogP contribution in [0.5, 0.6) is 0 Å². The first-order valence-electron chi connectivity index (χ1n) is 9.14. The van der Waals surface area contributed by atoms with E-state index in [0.717, 1.165) is 33.1 Å². The van der Waals surface area contributed by atoms with E-state index >= 15 is 0 Å². The predicted octanol–water partition coefficient (Wildman–Crippen LogP) is 3.69. The SMILES string of the molecule is COCCn1c(SCc2cc(=O)oc3cc(C)ccc23)nnc1-c1ccncc1. The zero-order chi connectivity index (χ0) is 20.2. The quantitative estimate of drug-likeness (QED) is 0.341. The first-order chi connectivity index (χ1) is 14.2. The van der Waals surface area contributed by atoms with Crippen LogP contribution in [-0.4, -0.2) is 33.5 Å². The van der Waals surface area contributed by atoms with E-state index in [1.165, 1.54) is 11.8 Å². The second kappa shape index (κ2) is 8.59. The van der Waals surface area contributed by atoms with E-state index in [2.05, 4.69) is 15.2 Å². The van der Waals surface area contributed by atoms with Crippen molar-refractivity contribution in [3.8, 4) is 11.4 Å². The van der Waals surface area contributed by atoms with Gasteiger partial charge < -0.3 is 9.15 Å². The fourth-order valence-corrected chi connectivity index (χ4v) is 4.05. The van der Waals surface area contributed by atoms with Crippen LogP contribution in [0.25, 0.3) is 22.4 Å². The van der Waals surface area contributed by atoms with Gasteiger partial charge in [0.25, 0.3) is 0 Å². The summed E-state index contributed by atoms with van der Waals surface area (Å²) in [6, 6.07) is 11.2. The molecule has 0 aliphatic rings. The summed E-state index contributed by atoms with van der Waals surface area (Å²) >= 11 is 1.53. The number of hydrogen-bond donors (Lipinski definition) is 0. The lowest BCUT2D eigenvalue weighted by molar-refractivity contribution is 0.185. The van der Waals surface area contributed by atoms with Gasteiger partial charge in [0, 0.05) is 42.3 Å². The molecule has 0 saturated carbocycles. The Morgan fingerprint density at radius 3 is 2.76 bits per heavy atom. The van der Waals surface area contributed by atoms with Crippen LogP contribution >= 0.6 is 11.8 Å². The highest BCUT2D eigenvalue weighted by atomic mass is 32.2. The molecule has 7 nitrogen and oxygen atoms in total. The fourth-order valence-electron chi connectivity index (χ4n) is 3.09. The van der Waals surface area contributed by atoms with E-state index in [9.17, 15) is 4.79 Å². The number of pyridine rings is 1. The van der Waals surface area contributed by atoms with Gasteiger partial charge in [0.05, 0.1) is 13.2 Å². The zero-order valence-corrected chi connectivity index (χ0v) is 17.0. The summed E-state index contributed by atoms with van der Waals surface area (Å²) in [7, 11) is 1.67. The monoisotopic (exact) mass is 408 g/mol. The van der Waals surface area contributed by atoms with E-state index in [1.807, 2.05) is 41.8 Å². The number of fused-ring (bicyclic) bond motifs is 1. The van der Waals surface area contributed by atoms with Crippen LogP contribution in [0.3, 0.4) is 0 Å². The maximum absolute atomic E-state index is 12.0. The van der Waals surface area contributed by atoms with Crippen LogP contribution < -0.4 is 5.63 Å². The van der Waals surface area contributed by atoms with Crippen LogP contribution in [-0.2, 0) is 17.0 Å². The van der Waals surface area contributed by atoms with E-state index in [0.29, 0.717) is 24.5 Å². The Labute approximate surface area is 171 Å². The van der Waals surface area contributed by atoms with E-state index < -0.39 is 0 Å². The Morgan fingerprint density at radius 1 is 1.14 bits per heavy atom. The zero-order valence-electron chi connectivity index (χ0n) is 16.2. The van der Waals surface area contributed by atoms with Gasteiger partial charge in [-0.15, -0.1) is 10.2 Å². The lowest BCUT2D eigenvalue weighted by atomic mass is 10.1. The highest BCUT2D eigenvalue weighted by Gasteiger charge is 2.15. The number of aromatic nitrogens is 4. The number of hydrogen-bond acceptors (Lipinski definition) is 7. The van der Waals surface area contributed by atoms with Gasteiger partial charge in [-0.1, -0.05) is 23.9 Å². The molecule has 0 spiro atoms. The molecule has 0 aliphatic carbocycles. The van der Waals surface area contributed by atoms with Gasteiger partial charge in [-0.05, 0) is 36.2 Å². The third-order valence-electron chi connectivity index (χ3n) is 4.52. The van der Waals surface area contributed by atoms with Crippen LogP contribution in [0.2, 0.25) is 0 Å². The van der Waals surface area contributed by atoms with Gasteiger partial charge >= 0.3 is 5.63 Å². The summed E-state index contributed by atoms with van der Waals surface area (Å²) in [4.78, 5) is 16.1. The molecule has 0 fully saturated rings. The van der Waals surface area contributed by atoms with Crippen molar-refractivity contribution >= 4 is 22.7 Å². The first kappa shape index (κ1) is 19.4. The Hall–Kier alpha value is -2.97. The topological polar surface area (TPSA) is 83.0 Å². The number of ether oxygens (including phenoxy) is 1. The minimum atomic E-state index is -0.350. The van der Waals surface area contributed by atoms with E-state index in [-0.39, 0.29) is 5.63 Å². The molecule has 4 rings (SSSR count). The number of aryl methyl sites for hydroxylation is 1. The molecule has 0 saturated heterocycles. The molecule has 1 aromatic carbocycles. The fraction of sp³-hybridized carbons (Fsp3) is 0.238. The molecule has 0 unspecified atom stereocenters. The molecule has 8 heteroatoms. The molecule has 0 aliphatic heterocycles. The minimum Gasteiger partial charge on any atom is -0.423 e. The average molecular weight is 408 g/mol. The molecule has 3 aromatic heterocycles. The molecule has 148 valence electrons. The van der Waals surface area contributed by atoms with E-state index in [4.69, 9.17) is 9.15 Å². The Morgan fingerprint density at radius 2 is 1.97 bits per heavy atom. The molecule has 29 heavy (non-hydrogen) atoms. The highest BCUT2D eigenvalue weighted by Crippen LogP contribution is 2.28. The summed E-state index contributed by atoms with van der Waals surface area (Å²) in [6.45, 7) is 3.14. The standard InChI is InChI=1S/C21H20N4O3S/c1-14-3-4-17-16(12-19(26)28-18(17)11-14)13-29-21-24-23-20(25(21)9-10-27-2)15-5-7-22-8-6-15/h3-8,11-12H,9-10,13H2,1-2H3. The Balaban J connectivity index is 1.66. The second-order valence-corrected chi connectivity index (χ2v) is 7.51. The van der Waals surface area contributed by atoms with Gasteiger partial charge in [-0.25, -0.2) is 4.79 Å². The molecule has 4 aromatic rings. The molecular formula is C21H20N4O3S. The van der Waals surface area contributed by atoms with Crippen LogP contribution in [0.1, 0.15) is 11.1 Å². The van der Waals surface area contributed by atoms with Crippen molar-refractivity contribution in [3.63, 3.8) is 0 Å². The number of thioether (sulfide) groups is 1. The lowest BCUT2D eigenvalue weighted by Gasteiger charge is -2.10. The van der Waals surface area contributed by atoms with E-state index in [1.54, 1.807) is 25.6 Å². The molecular weight excluding hydrogens is 388 g/mol. The minimum absolute atomic E-state index is 0.350. The first-order valence-corrected chi connectivity index (χ1v) is 10.1. The maximum atomic E-state index is 12.0. The van der Waals surface area contributed by atoms with Gasteiger partial charge in [0.15, 0.2) is 11.0 Å². The lowest BCUT2D eigenvalue weighted by Crippen LogP contribution is -2.08. The largest absolute Gasteiger partial charge is 0.423 e. The number of nitrogens with zero attached hydrogens (tertiary/aromatic N) is 4. The molecule has 0 atom stereocenters. The number of rotatable bonds is 7. The van der Waals surface area contributed by atoms with Crippen LogP contribution in [0, 0.1) is 6.92 Å². The van der Waals surface area contributed by atoms with Crippen molar-refractivity contribution in [1.29, 1.82) is 0 Å². The average Bonchev–Trinajstić information content (AvgIpc) is 3.13. The van der Waals surface area contributed by atoms with Gasteiger partial charge in [-0.2, -0.15) is 0 Å². The number of benzene rings is 1. The summed E-state index contributed by atoms with van der Waals surface area (Å²) in [5.74, 6) is 1.34. The highest BCUT2D eigenvalue weighted by molar-refractivity contribution is 7.98. The third-order valence-corrected chi connectivity index (χ3v) is 5.53. The van der Waals surface area contributed by atoms with Gasteiger partial charge in [0.2, 0.25) is 0 Å².